The van der Waals surface area contributed by atoms with E-state index in [4.69, 9.17) is 11.6 Å². The Morgan fingerprint density at radius 3 is 2.41 bits per heavy atom. The molecule has 0 spiro atoms. The van der Waals surface area contributed by atoms with Crippen molar-refractivity contribution < 1.29 is 4.79 Å². The summed E-state index contributed by atoms with van der Waals surface area (Å²) >= 11 is 5.97. The molecule has 0 fully saturated rings. The van der Waals surface area contributed by atoms with Crippen LogP contribution < -0.4 is 10.6 Å². The van der Waals surface area contributed by atoms with Gasteiger partial charge in [-0.2, -0.15) is 0 Å². The summed E-state index contributed by atoms with van der Waals surface area (Å²) < 4.78 is 0. The lowest BCUT2D eigenvalue weighted by atomic mass is 10.1. The zero-order chi connectivity index (χ0) is 20.1. The highest BCUT2D eigenvalue weighted by atomic mass is 35.5. The summed E-state index contributed by atoms with van der Waals surface area (Å²) in [7, 11) is 0. The third-order valence-corrected chi connectivity index (χ3v) is 4.45. The Balaban J connectivity index is 1.51. The van der Waals surface area contributed by atoms with Crippen LogP contribution in [0.4, 0.5) is 17.2 Å². The van der Waals surface area contributed by atoms with Gasteiger partial charge in [0.05, 0.1) is 5.69 Å². The van der Waals surface area contributed by atoms with E-state index >= 15 is 0 Å². The zero-order valence-electron chi connectivity index (χ0n) is 15.3. The number of halogens is 1. The van der Waals surface area contributed by atoms with Crippen molar-refractivity contribution in [2.45, 2.75) is 0 Å². The first-order chi connectivity index (χ1) is 14.2. The molecule has 3 aromatic carbocycles. The lowest BCUT2D eigenvalue weighted by Gasteiger charge is -2.10. The number of benzene rings is 3. The second-order valence-corrected chi connectivity index (χ2v) is 6.76. The molecule has 0 aliphatic carbocycles. The number of hydrogen-bond acceptors (Lipinski definition) is 4. The van der Waals surface area contributed by atoms with Crippen molar-refractivity contribution in [1.82, 2.24) is 9.97 Å². The fourth-order valence-corrected chi connectivity index (χ4v) is 3.04. The average molecular weight is 401 g/mol. The van der Waals surface area contributed by atoms with Crippen LogP contribution in [0.3, 0.4) is 0 Å². The van der Waals surface area contributed by atoms with E-state index in [0.29, 0.717) is 22.1 Å². The van der Waals surface area contributed by atoms with Crippen LogP contribution in [-0.2, 0) is 0 Å². The molecule has 4 rings (SSSR count). The standard InChI is InChI=1S/C23H17ClN4O/c24-18-9-5-11-20(13-18)28-23(29)17-8-4-10-19(12-17)27-22-14-21(25-15-26-22)16-6-2-1-3-7-16/h1-15H,(H,28,29)(H,25,26,27). The Hall–Kier alpha value is -3.70. The van der Waals surface area contributed by atoms with Gasteiger partial charge in [-0.25, -0.2) is 9.97 Å². The lowest BCUT2D eigenvalue weighted by molar-refractivity contribution is 0.102. The molecule has 2 N–H and O–H groups in total. The van der Waals surface area contributed by atoms with E-state index < -0.39 is 0 Å². The molecule has 1 amide bonds. The van der Waals surface area contributed by atoms with Crippen LogP contribution in [0.1, 0.15) is 10.4 Å². The van der Waals surface area contributed by atoms with Crippen LogP contribution in [0, 0.1) is 0 Å². The molecule has 0 aliphatic heterocycles. The third kappa shape index (κ3) is 4.78. The van der Waals surface area contributed by atoms with Crippen molar-refractivity contribution in [1.29, 1.82) is 0 Å². The molecule has 4 aromatic rings. The van der Waals surface area contributed by atoms with E-state index in [1.807, 2.05) is 48.5 Å². The van der Waals surface area contributed by atoms with Crippen LogP contribution in [0.15, 0.2) is 91.3 Å². The summed E-state index contributed by atoms with van der Waals surface area (Å²) in [5, 5.41) is 6.64. The highest BCUT2D eigenvalue weighted by Crippen LogP contribution is 2.22. The summed E-state index contributed by atoms with van der Waals surface area (Å²) in [5.41, 5.74) is 3.74. The Morgan fingerprint density at radius 1 is 0.793 bits per heavy atom. The van der Waals surface area contributed by atoms with Gasteiger partial charge in [0.25, 0.3) is 5.91 Å². The maximum atomic E-state index is 12.6. The summed E-state index contributed by atoms with van der Waals surface area (Å²) in [4.78, 5) is 21.2. The molecule has 1 aromatic heterocycles. The van der Waals surface area contributed by atoms with Crippen LogP contribution in [0.5, 0.6) is 0 Å². The molecule has 0 atom stereocenters. The third-order valence-electron chi connectivity index (χ3n) is 4.22. The molecule has 5 nitrogen and oxygen atoms in total. The molecular weight excluding hydrogens is 384 g/mol. The number of nitrogens with one attached hydrogen (secondary N) is 2. The number of aromatic nitrogens is 2. The highest BCUT2D eigenvalue weighted by molar-refractivity contribution is 6.31. The maximum Gasteiger partial charge on any atom is 0.255 e. The second kappa shape index (κ2) is 8.54. The number of carbonyl (C=O) groups excluding carboxylic acids is 1. The van der Waals surface area contributed by atoms with Gasteiger partial charge in [0.15, 0.2) is 0 Å². The second-order valence-electron chi connectivity index (χ2n) is 6.32. The van der Waals surface area contributed by atoms with Gasteiger partial charge in [0.2, 0.25) is 0 Å². The molecular formula is C23H17ClN4O. The van der Waals surface area contributed by atoms with Gasteiger partial charge in [0.1, 0.15) is 12.1 Å². The molecule has 0 radical (unpaired) electrons. The molecule has 1 heterocycles. The number of amides is 1. The number of anilines is 3. The predicted molar refractivity (Wildman–Crippen MR) is 117 cm³/mol. The molecule has 0 saturated heterocycles. The van der Waals surface area contributed by atoms with Crippen LogP contribution in [0.25, 0.3) is 11.3 Å². The minimum Gasteiger partial charge on any atom is -0.340 e. The Kier molecular flexibility index (Phi) is 5.49. The minimum atomic E-state index is -0.219. The summed E-state index contributed by atoms with van der Waals surface area (Å²) in [5.74, 6) is 0.426. The van der Waals surface area contributed by atoms with E-state index in [1.165, 1.54) is 6.33 Å². The van der Waals surface area contributed by atoms with E-state index in [9.17, 15) is 4.79 Å². The Bertz CT molecular complexity index is 1150. The van der Waals surface area contributed by atoms with Crippen LogP contribution in [0.2, 0.25) is 5.02 Å². The van der Waals surface area contributed by atoms with Gasteiger partial charge in [0, 0.05) is 33.6 Å². The summed E-state index contributed by atoms with van der Waals surface area (Å²) in [6.45, 7) is 0. The quantitative estimate of drug-likeness (QED) is 0.444. The van der Waals surface area contributed by atoms with Crippen molar-refractivity contribution in [2.75, 3.05) is 10.6 Å². The SMILES string of the molecule is O=C(Nc1cccc(Cl)c1)c1cccc(Nc2cc(-c3ccccc3)ncn2)c1. The first-order valence-electron chi connectivity index (χ1n) is 8.99. The predicted octanol–water partition coefficient (Wildman–Crippen LogP) is 5.79. The molecule has 29 heavy (non-hydrogen) atoms. The van der Waals surface area contributed by atoms with E-state index in [1.54, 1.807) is 36.4 Å². The summed E-state index contributed by atoms with van der Waals surface area (Å²) in [6, 6.07) is 26.0. The van der Waals surface area contributed by atoms with E-state index in [2.05, 4.69) is 20.6 Å². The van der Waals surface area contributed by atoms with E-state index in [-0.39, 0.29) is 5.91 Å². The monoisotopic (exact) mass is 400 g/mol. The molecule has 0 saturated carbocycles. The van der Waals surface area contributed by atoms with Gasteiger partial charge < -0.3 is 10.6 Å². The first kappa shape index (κ1) is 18.7. The first-order valence-corrected chi connectivity index (χ1v) is 9.37. The van der Waals surface area contributed by atoms with Gasteiger partial charge in [-0.05, 0) is 36.4 Å². The van der Waals surface area contributed by atoms with Crippen molar-refractivity contribution in [3.05, 3.63) is 102 Å². The van der Waals surface area contributed by atoms with Crippen LogP contribution in [-0.4, -0.2) is 15.9 Å². The van der Waals surface area contributed by atoms with E-state index in [0.717, 1.165) is 16.9 Å². The van der Waals surface area contributed by atoms with Crippen molar-refractivity contribution >= 4 is 34.7 Å². The highest BCUT2D eigenvalue weighted by Gasteiger charge is 2.08. The molecule has 142 valence electrons. The lowest BCUT2D eigenvalue weighted by Crippen LogP contribution is -2.12. The smallest absolute Gasteiger partial charge is 0.255 e. The normalized spacial score (nSPS) is 10.4. The molecule has 0 unspecified atom stereocenters. The van der Waals surface area contributed by atoms with Crippen molar-refractivity contribution in [2.24, 2.45) is 0 Å². The van der Waals surface area contributed by atoms with Gasteiger partial charge >= 0.3 is 0 Å². The largest absolute Gasteiger partial charge is 0.340 e. The maximum absolute atomic E-state index is 12.6. The Morgan fingerprint density at radius 2 is 1.59 bits per heavy atom. The topological polar surface area (TPSA) is 66.9 Å². The fraction of sp³-hybridized carbons (Fsp3) is 0. The molecule has 0 aliphatic rings. The molecule has 0 bridgehead atoms. The van der Waals surface area contributed by atoms with Crippen molar-refractivity contribution in [3.8, 4) is 11.3 Å². The number of carbonyl (C=O) groups is 1. The summed E-state index contributed by atoms with van der Waals surface area (Å²) in [6.07, 6.45) is 1.51. The zero-order valence-corrected chi connectivity index (χ0v) is 16.1. The number of hydrogen-bond donors (Lipinski definition) is 2. The number of rotatable bonds is 5. The average Bonchev–Trinajstić information content (AvgIpc) is 2.75. The van der Waals surface area contributed by atoms with Crippen LogP contribution >= 0.6 is 11.6 Å². The molecule has 6 heteroatoms. The number of nitrogens with zero attached hydrogens (tertiary/aromatic N) is 2. The Labute approximate surface area is 173 Å². The van der Waals surface area contributed by atoms with Gasteiger partial charge in [-0.1, -0.05) is 54.1 Å². The fourth-order valence-electron chi connectivity index (χ4n) is 2.85. The van der Waals surface area contributed by atoms with Crippen molar-refractivity contribution in [3.63, 3.8) is 0 Å². The minimum absolute atomic E-state index is 0.219. The van der Waals surface area contributed by atoms with Gasteiger partial charge in [-0.3, -0.25) is 4.79 Å². The van der Waals surface area contributed by atoms with Gasteiger partial charge in [-0.15, -0.1) is 0 Å².